The number of aromatic nitrogens is 1. The number of nitrogens with zero attached hydrogens (tertiary/aromatic N) is 1. The molecule has 1 aromatic heterocycles. The van der Waals surface area contributed by atoms with Crippen molar-refractivity contribution in [3.8, 4) is 16.5 Å². The molecule has 1 N–H and O–H groups in total. The molecular weight excluding hydrogens is 222 g/mol. The van der Waals surface area contributed by atoms with E-state index < -0.39 is 0 Å². The molecule has 0 aliphatic rings. The van der Waals surface area contributed by atoms with Crippen molar-refractivity contribution in [2.24, 2.45) is 0 Å². The maximum Gasteiger partial charge on any atom is 0.242 e. The Hall–Kier alpha value is -1.68. The SMILES string of the molecule is CCc1c(O)nc(-c2ccccc2)sc1=O. The first-order chi connectivity index (χ1) is 7.72. The Morgan fingerprint density at radius 2 is 2.00 bits per heavy atom. The quantitative estimate of drug-likeness (QED) is 0.866. The van der Waals surface area contributed by atoms with Gasteiger partial charge in [-0.25, -0.2) is 4.98 Å². The summed E-state index contributed by atoms with van der Waals surface area (Å²) in [6, 6.07) is 9.37. The summed E-state index contributed by atoms with van der Waals surface area (Å²) in [6.45, 7) is 1.83. The maximum absolute atomic E-state index is 11.7. The second-order valence-corrected chi connectivity index (χ2v) is 4.29. The third-order valence-electron chi connectivity index (χ3n) is 2.29. The lowest BCUT2D eigenvalue weighted by atomic mass is 10.2. The van der Waals surface area contributed by atoms with E-state index in [1.807, 2.05) is 37.3 Å². The molecule has 0 amide bonds. The van der Waals surface area contributed by atoms with E-state index in [4.69, 9.17) is 0 Å². The van der Waals surface area contributed by atoms with Crippen LogP contribution in [0.1, 0.15) is 12.5 Å². The number of aromatic hydroxyl groups is 1. The van der Waals surface area contributed by atoms with Crippen molar-refractivity contribution in [3.63, 3.8) is 0 Å². The van der Waals surface area contributed by atoms with E-state index in [1.54, 1.807) is 0 Å². The summed E-state index contributed by atoms with van der Waals surface area (Å²) < 4.78 is -0.117. The van der Waals surface area contributed by atoms with Crippen LogP contribution in [0.5, 0.6) is 5.88 Å². The minimum Gasteiger partial charge on any atom is -0.493 e. The van der Waals surface area contributed by atoms with Crippen molar-refractivity contribution in [2.75, 3.05) is 0 Å². The molecule has 82 valence electrons. The van der Waals surface area contributed by atoms with Crippen molar-refractivity contribution in [2.45, 2.75) is 13.3 Å². The van der Waals surface area contributed by atoms with Gasteiger partial charge in [-0.2, -0.15) is 0 Å². The van der Waals surface area contributed by atoms with Gasteiger partial charge in [0.2, 0.25) is 10.6 Å². The van der Waals surface area contributed by atoms with E-state index >= 15 is 0 Å². The highest BCUT2D eigenvalue weighted by molar-refractivity contribution is 7.12. The predicted molar refractivity (Wildman–Crippen MR) is 64.9 cm³/mol. The Morgan fingerprint density at radius 1 is 1.31 bits per heavy atom. The van der Waals surface area contributed by atoms with Crippen LogP contribution in [0.2, 0.25) is 0 Å². The zero-order valence-electron chi connectivity index (χ0n) is 8.80. The van der Waals surface area contributed by atoms with Crippen LogP contribution < -0.4 is 4.74 Å². The van der Waals surface area contributed by atoms with Gasteiger partial charge in [-0.15, -0.1) is 0 Å². The van der Waals surface area contributed by atoms with Crippen molar-refractivity contribution in [1.82, 2.24) is 4.98 Å². The first kappa shape index (κ1) is 10.8. The van der Waals surface area contributed by atoms with Gasteiger partial charge in [-0.1, -0.05) is 48.6 Å². The highest BCUT2D eigenvalue weighted by Crippen LogP contribution is 2.23. The molecule has 0 saturated carbocycles. The van der Waals surface area contributed by atoms with E-state index in [9.17, 15) is 9.90 Å². The average molecular weight is 233 g/mol. The number of rotatable bonds is 2. The van der Waals surface area contributed by atoms with Gasteiger partial charge in [0.05, 0.1) is 5.56 Å². The molecule has 16 heavy (non-hydrogen) atoms. The normalized spacial score (nSPS) is 10.3. The van der Waals surface area contributed by atoms with E-state index in [0.29, 0.717) is 17.0 Å². The van der Waals surface area contributed by atoms with Crippen LogP contribution in [0.15, 0.2) is 35.1 Å². The Bertz CT molecular complexity index is 549. The molecule has 3 nitrogen and oxygen atoms in total. The van der Waals surface area contributed by atoms with E-state index in [-0.39, 0.29) is 10.6 Å². The second-order valence-electron chi connectivity index (χ2n) is 3.33. The fraction of sp³-hybridized carbons (Fsp3) is 0.167. The average Bonchev–Trinajstić information content (AvgIpc) is 2.30. The number of hydrogen-bond donors (Lipinski definition) is 1. The minimum absolute atomic E-state index is 0.117. The fourth-order valence-electron chi connectivity index (χ4n) is 1.43. The predicted octanol–water partition coefficient (Wildman–Crippen LogP) is 2.44. The first-order valence-electron chi connectivity index (χ1n) is 5.00. The lowest BCUT2D eigenvalue weighted by Gasteiger charge is -2.02. The van der Waals surface area contributed by atoms with Crippen LogP contribution in [0, 0.1) is 0 Å². The molecule has 4 heteroatoms. The minimum atomic E-state index is -0.148. The van der Waals surface area contributed by atoms with Gasteiger partial charge in [0.25, 0.3) is 0 Å². The molecule has 0 saturated heterocycles. The molecule has 0 fully saturated rings. The Labute approximate surface area is 97.0 Å². The summed E-state index contributed by atoms with van der Waals surface area (Å²) in [5.41, 5.74) is 1.24. The highest BCUT2D eigenvalue weighted by Gasteiger charge is 2.10. The molecule has 2 aromatic rings. The van der Waals surface area contributed by atoms with Gasteiger partial charge >= 0.3 is 0 Å². The standard InChI is InChI=1S/C12H11NO2S/c1-2-9-10(14)13-11(16-12(9)15)8-6-4-3-5-7-8/h3-7,14H,2H2,1H3. The molecule has 0 radical (unpaired) electrons. The Balaban J connectivity index is 2.57. The molecule has 0 spiro atoms. The highest BCUT2D eigenvalue weighted by atomic mass is 32.1. The van der Waals surface area contributed by atoms with E-state index in [0.717, 1.165) is 16.9 Å². The molecule has 0 bridgehead atoms. The van der Waals surface area contributed by atoms with Gasteiger partial charge in [-0.3, -0.25) is 4.79 Å². The van der Waals surface area contributed by atoms with Crippen LogP contribution >= 0.6 is 11.3 Å². The van der Waals surface area contributed by atoms with Gasteiger partial charge in [0, 0.05) is 5.56 Å². The van der Waals surface area contributed by atoms with Crippen LogP contribution in [0.4, 0.5) is 0 Å². The Kier molecular flexibility index (Phi) is 3.01. The topological polar surface area (TPSA) is 50.2 Å². The van der Waals surface area contributed by atoms with Crippen molar-refractivity contribution >= 4 is 11.3 Å². The zero-order valence-corrected chi connectivity index (χ0v) is 9.62. The van der Waals surface area contributed by atoms with Gasteiger partial charge in [-0.05, 0) is 6.42 Å². The molecule has 0 aliphatic heterocycles. The summed E-state index contributed by atoms with van der Waals surface area (Å²) in [7, 11) is 0. The monoisotopic (exact) mass is 233 g/mol. The zero-order chi connectivity index (χ0) is 11.5. The largest absolute Gasteiger partial charge is 0.493 e. The summed E-state index contributed by atoms with van der Waals surface area (Å²) in [6.07, 6.45) is 0.503. The Morgan fingerprint density at radius 3 is 2.56 bits per heavy atom. The molecule has 0 atom stereocenters. The van der Waals surface area contributed by atoms with Gasteiger partial charge in [0.15, 0.2) is 0 Å². The van der Waals surface area contributed by atoms with Crippen LogP contribution in [0.25, 0.3) is 10.6 Å². The number of hydrogen-bond acceptors (Lipinski definition) is 4. The summed E-state index contributed by atoms with van der Waals surface area (Å²) in [4.78, 5) is 15.7. The van der Waals surface area contributed by atoms with Crippen molar-refractivity contribution in [1.29, 1.82) is 0 Å². The third kappa shape index (κ3) is 1.97. The second kappa shape index (κ2) is 4.45. The van der Waals surface area contributed by atoms with Crippen LogP contribution in [-0.4, -0.2) is 10.1 Å². The van der Waals surface area contributed by atoms with E-state index in [2.05, 4.69) is 4.98 Å². The van der Waals surface area contributed by atoms with Gasteiger partial charge in [0.1, 0.15) is 5.01 Å². The smallest absolute Gasteiger partial charge is 0.242 e. The molecule has 0 unspecified atom stereocenters. The van der Waals surface area contributed by atoms with Gasteiger partial charge < -0.3 is 5.11 Å². The summed E-state index contributed by atoms with van der Waals surface area (Å²) >= 11 is 1.07. The lowest BCUT2D eigenvalue weighted by molar-refractivity contribution is 0.448. The van der Waals surface area contributed by atoms with E-state index in [1.165, 1.54) is 0 Å². The lowest BCUT2D eigenvalue weighted by Crippen LogP contribution is -2.05. The third-order valence-corrected chi connectivity index (χ3v) is 3.24. The first-order valence-corrected chi connectivity index (χ1v) is 5.82. The molecule has 1 heterocycles. The van der Waals surface area contributed by atoms with Crippen LogP contribution in [0.3, 0.4) is 0 Å². The molecule has 2 rings (SSSR count). The maximum atomic E-state index is 11.7. The fourth-order valence-corrected chi connectivity index (χ4v) is 2.35. The van der Waals surface area contributed by atoms with Crippen molar-refractivity contribution in [3.05, 3.63) is 45.4 Å². The number of benzene rings is 1. The summed E-state index contributed by atoms with van der Waals surface area (Å²) in [5.74, 6) is -0.148. The molecule has 0 aliphatic carbocycles. The summed E-state index contributed by atoms with van der Waals surface area (Å²) in [5, 5.41) is 10.2. The molecular formula is C12H11NO2S. The van der Waals surface area contributed by atoms with Crippen LogP contribution in [-0.2, 0) is 6.42 Å². The molecule has 1 aromatic carbocycles. The van der Waals surface area contributed by atoms with Crippen molar-refractivity contribution < 1.29 is 5.11 Å².